The average Bonchev–Trinajstić information content (AvgIpc) is 2.37. The van der Waals surface area contributed by atoms with E-state index in [1.54, 1.807) is 24.3 Å². The molecule has 0 spiro atoms. The van der Waals surface area contributed by atoms with Gasteiger partial charge >= 0.3 is 5.97 Å². The van der Waals surface area contributed by atoms with E-state index in [1.165, 1.54) is 13.3 Å². The van der Waals surface area contributed by atoms with Gasteiger partial charge in [-0.25, -0.2) is 4.79 Å². The van der Waals surface area contributed by atoms with Gasteiger partial charge in [0.1, 0.15) is 0 Å². The quantitative estimate of drug-likeness (QED) is 0.766. The second-order valence-corrected chi connectivity index (χ2v) is 4.92. The van der Waals surface area contributed by atoms with Crippen LogP contribution in [-0.4, -0.2) is 18.1 Å². The number of nitrogens with zero attached hydrogens (tertiary/aromatic N) is 1. The molecule has 0 N–H and O–H groups in total. The second kappa shape index (κ2) is 5.78. The third-order valence-electron chi connectivity index (χ3n) is 2.45. The van der Waals surface area contributed by atoms with Crippen molar-refractivity contribution in [3.8, 4) is 11.3 Å². The highest BCUT2D eigenvalue weighted by Crippen LogP contribution is 2.36. The number of rotatable bonds is 2. The third-order valence-corrected chi connectivity index (χ3v) is 3.26. The summed E-state index contributed by atoms with van der Waals surface area (Å²) in [6.45, 7) is 0. The van der Waals surface area contributed by atoms with Crippen molar-refractivity contribution in [3.05, 3.63) is 51.1 Å². The molecule has 0 unspecified atom stereocenters. The van der Waals surface area contributed by atoms with Crippen molar-refractivity contribution in [3.63, 3.8) is 0 Å². The molecule has 0 saturated carbocycles. The summed E-state index contributed by atoms with van der Waals surface area (Å²) in [5.41, 5.74) is 1.48. The van der Waals surface area contributed by atoms with Gasteiger partial charge in [-0.1, -0.05) is 34.8 Å². The largest absolute Gasteiger partial charge is 0.465 e. The lowest BCUT2D eigenvalue weighted by atomic mass is 10.1. The van der Waals surface area contributed by atoms with E-state index < -0.39 is 5.97 Å². The minimum absolute atomic E-state index is 0.354. The summed E-state index contributed by atoms with van der Waals surface area (Å²) < 4.78 is 4.60. The Morgan fingerprint density at radius 1 is 1.16 bits per heavy atom. The molecule has 1 aromatic carbocycles. The van der Waals surface area contributed by atoms with Gasteiger partial charge in [0.25, 0.3) is 0 Å². The normalized spacial score (nSPS) is 10.3. The lowest BCUT2D eigenvalue weighted by Crippen LogP contribution is -2.01. The Balaban J connectivity index is 2.46. The first-order chi connectivity index (χ1) is 9.02. The van der Waals surface area contributed by atoms with Crippen LogP contribution < -0.4 is 0 Å². The number of pyridine rings is 1. The topological polar surface area (TPSA) is 39.2 Å². The molecular formula is C13H8Cl3NO2. The number of carbonyl (C=O) groups is 1. The zero-order chi connectivity index (χ0) is 14.0. The van der Waals surface area contributed by atoms with Crippen molar-refractivity contribution in [1.29, 1.82) is 0 Å². The molecule has 0 aliphatic rings. The maximum absolute atomic E-state index is 11.3. The summed E-state index contributed by atoms with van der Waals surface area (Å²) in [5.74, 6) is -0.452. The minimum Gasteiger partial charge on any atom is -0.465 e. The van der Waals surface area contributed by atoms with Crippen molar-refractivity contribution < 1.29 is 9.53 Å². The molecule has 19 heavy (non-hydrogen) atoms. The van der Waals surface area contributed by atoms with Crippen LogP contribution in [-0.2, 0) is 4.74 Å². The Hall–Kier alpha value is -1.29. The number of methoxy groups -OCH3 is 1. The molecule has 0 fully saturated rings. The second-order valence-electron chi connectivity index (χ2n) is 3.67. The van der Waals surface area contributed by atoms with Crippen LogP contribution in [0.15, 0.2) is 30.5 Å². The first-order valence-electron chi connectivity index (χ1n) is 5.22. The molecule has 0 amide bonds. The predicted molar refractivity (Wildman–Crippen MR) is 76.0 cm³/mol. The van der Waals surface area contributed by atoms with Crippen LogP contribution in [0.5, 0.6) is 0 Å². The van der Waals surface area contributed by atoms with Crippen LogP contribution in [0.3, 0.4) is 0 Å². The molecule has 98 valence electrons. The zero-order valence-electron chi connectivity index (χ0n) is 9.78. The first kappa shape index (κ1) is 14.1. The van der Waals surface area contributed by atoms with Crippen LogP contribution >= 0.6 is 34.8 Å². The third kappa shape index (κ3) is 3.00. The molecule has 0 aliphatic carbocycles. The Labute approximate surface area is 125 Å². The number of ether oxygens (including phenoxy) is 1. The van der Waals surface area contributed by atoms with Gasteiger partial charge in [0.05, 0.1) is 28.4 Å². The molecular weight excluding hydrogens is 309 g/mol. The SMILES string of the molecule is COC(=O)c1ccc(-c2c(Cl)cc(Cl)cc2Cl)nc1. The van der Waals surface area contributed by atoms with Crippen molar-refractivity contribution in [1.82, 2.24) is 4.98 Å². The Bertz CT molecular complexity index is 603. The molecule has 0 radical (unpaired) electrons. The molecule has 0 bridgehead atoms. The van der Waals surface area contributed by atoms with Crippen molar-refractivity contribution >= 4 is 40.8 Å². The number of aromatic nitrogens is 1. The molecule has 1 heterocycles. The van der Waals surface area contributed by atoms with Gasteiger partial charge in [0, 0.05) is 16.8 Å². The number of esters is 1. The molecule has 1 aromatic heterocycles. The van der Waals surface area contributed by atoms with Gasteiger partial charge < -0.3 is 4.74 Å². The fraction of sp³-hybridized carbons (Fsp3) is 0.0769. The highest BCUT2D eigenvalue weighted by Gasteiger charge is 2.13. The standard InChI is InChI=1S/C13H8Cl3NO2/c1-19-13(18)7-2-3-11(17-6-7)12-9(15)4-8(14)5-10(12)16/h2-6H,1H3. The average molecular weight is 317 g/mol. The monoisotopic (exact) mass is 315 g/mol. The van der Waals surface area contributed by atoms with Crippen LogP contribution in [0.4, 0.5) is 0 Å². The number of hydrogen-bond acceptors (Lipinski definition) is 3. The minimum atomic E-state index is -0.452. The zero-order valence-corrected chi connectivity index (χ0v) is 12.1. The Morgan fingerprint density at radius 3 is 2.26 bits per heavy atom. The van der Waals surface area contributed by atoms with Gasteiger partial charge in [0.15, 0.2) is 0 Å². The molecule has 2 rings (SSSR count). The van der Waals surface area contributed by atoms with Gasteiger partial charge in [-0.2, -0.15) is 0 Å². The van der Waals surface area contributed by atoms with E-state index in [0.717, 1.165) is 0 Å². The van der Waals surface area contributed by atoms with Gasteiger partial charge in [-0.15, -0.1) is 0 Å². The Kier molecular flexibility index (Phi) is 4.30. The lowest BCUT2D eigenvalue weighted by molar-refractivity contribution is 0.0600. The van der Waals surface area contributed by atoms with Crippen molar-refractivity contribution in [2.45, 2.75) is 0 Å². The summed E-state index contributed by atoms with van der Waals surface area (Å²) >= 11 is 18.0. The van der Waals surface area contributed by atoms with Gasteiger partial charge in [-0.3, -0.25) is 4.98 Å². The van der Waals surface area contributed by atoms with E-state index >= 15 is 0 Å². The van der Waals surface area contributed by atoms with Gasteiger partial charge in [0.2, 0.25) is 0 Å². The van der Waals surface area contributed by atoms with Crippen LogP contribution in [0.25, 0.3) is 11.3 Å². The fourth-order valence-corrected chi connectivity index (χ4v) is 2.58. The highest BCUT2D eigenvalue weighted by molar-refractivity contribution is 6.41. The summed E-state index contributed by atoms with van der Waals surface area (Å²) in [5, 5.41) is 1.25. The summed E-state index contributed by atoms with van der Waals surface area (Å²) in [6, 6.07) is 6.41. The summed E-state index contributed by atoms with van der Waals surface area (Å²) in [4.78, 5) is 15.5. The van der Waals surface area contributed by atoms with Crippen LogP contribution in [0.2, 0.25) is 15.1 Å². The molecule has 6 heteroatoms. The highest BCUT2D eigenvalue weighted by atomic mass is 35.5. The molecule has 0 aliphatic heterocycles. The van der Waals surface area contributed by atoms with E-state index in [1.807, 2.05) is 0 Å². The number of carbonyl (C=O) groups excluding carboxylic acids is 1. The predicted octanol–water partition coefficient (Wildman–Crippen LogP) is 4.50. The van der Waals surface area contributed by atoms with Crippen molar-refractivity contribution in [2.75, 3.05) is 7.11 Å². The van der Waals surface area contributed by atoms with E-state index in [4.69, 9.17) is 34.8 Å². The molecule has 0 atom stereocenters. The first-order valence-corrected chi connectivity index (χ1v) is 6.35. The molecule has 0 saturated heterocycles. The number of benzene rings is 1. The maximum atomic E-state index is 11.3. The van der Waals surface area contributed by atoms with Crippen LogP contribution in [0.1, 0.15) is 10.4 Å². The van der Waals surface area contributed by atoms with E-state index in [-0.39, 0.29) is 0 Å². The lowest BCUT2D eigenvalue weighted by Gasteiger charge is -2.07. The van der Waals surface area contributed by atoms with E-state index in [9.17, 15) is 4.79 Å². The van der Waals surface area contributed by atoms with E-state index in [2.05, 4.69) is 9.72 Å². The van der Waals surface area contributed by atoms with Gasteiger partial charge in [-0.05, 0) is 24.3 Å². The van der Waals surface area contributed by atoms with Crippen LogP contribution in [0, 0.1) is 0 Å². The summed E-state index contributed by atoms with van der Waals surface area (Å²) in [6.07, 6.45) is 1.41. The Morgan fingerprint density at radius 2 is 1.79 bits per heavy atom. The summed E-state index contributed by atoms with van der Waals surface area (Å²) in [7, 11) is 1.31. The fourth-order valence-electron chi connectivity index (χ4n) is 1.57. The molecule has 3 nitrogen and oxygen atoms in total. The molecule has 2 aromatic rings. The number of halogens is 3. The number of hydrogen-bond donors (Lipinski definition) is 0. The van der Waals surface area contributed by atoms with Crippen molar-refractivity contribution in [2.24, 2.45) is 0 Å². The maximum Gasteiger partial charge on any atom is 0.339 e. The van der Waals surface area contributed by atoms with E-state index in [0.29, 0.717) is 31.9 Å². The smallest absolute Gasteiger partial charge is 0.339 e.